The smallest absolute Gasteiger partial charge is 0.356 e. The Kier molecular flexibility index (Phi) is 4.87. The van der Waals surface area contributed by atoms with Gasteiger partial charge in [0.15, 0.2) is 22.5 Å². The summed E-state index contributed by atoms with van der Waals surface area (Å²) in [6.45, 7) is 0. The molecule has 0 spiro atoms. The van der Waals surface area contributed by atoms with E-state index in [1.165, 1.54) is 24.3 Å². The molecule has 3 N–H and O–H groups in total. The van der Waals surface area contributed by atoms with Gasteiger partial charge in [-0.25, -0.2) is 13.7 Å². The molecule has 0 radical (unpaired) electrons. The molecule has 9 nitrogen and oxygen atoms in total. The average molecular weight is 372 g/mol. The first-order valence-corrected chi connectivity index (χ1v) is 8.34. The minimum absolute atomic E-state index is 0.149. The normalized spacial score (nSPS) is 12.3. The highest BCUT2D eigenvalue weighted by molar-refractivity contribution is 7.79. The number of aromatic carboxylic acids is 1. The van der Waals surface area contributed by atoms with Gasteiger partial charge >= 0.3 is 5.97 Å². The lowest BCUT2D eigenvalue weighted by atomic mass is 10.3. The zero-order valence-corrected chi connectivity index (χ0v) is 13.9. The molecule has 1 heterocycles. The monoisotopic (exact) mass is 372 g/mol. The number of rotatable bonds is 5. The predicted octanol–water partition coefficient (Wildman–Crippen LogP) is 2.86. The van der Waals surface area contributed by atoms with Gasteiger partial charge in [0, 0.05) is 0 Å². The molecule has 2 aromatic carbocycles. The van der Waals surface area contributed by atoms with Crippen LogP contribution < -0.4 is 5.56 Å². The number of carboxylic acid groups (broad SMARTS) is 1. The van der Waals surface area contributed by atoms with Crippen LogP contribution in [0.25, 0.3) is 5.69 Å². The third-order valence-corrected chi connectivity index (χ3v) is 4.07. The Morgan fingerprint density at radius 1 is 1.04 bits per heavy atom. The van der Waals surface area contributed by atoms with Gasteiger partial charge in [0.05, 0.1) is 16.3 Å². The van der Waals surface area contributed by atoms with Gasteiger partial charge in [-0.1, -0.05) is 18.2 Å². The second kappa shape index (κ2) is 7.25. The number of carboxylic acids is 1. The number of benzene rings is 2. The van der Waals surface area contributed by atoms with Crippen LogP contribution in [-0.2, 0) is 11.1 Å². The Labute approximate surface area is 148 Å². The minimum Gasteiger partial charge on any atom is -0.476 e. The molecule has 0 aliphatic carbocycles. The number of nitrogens with zero attached hydrogens (tertiary/aromatic N) is 3. The molecule has 3 aromatic rings. The van der Waals surface area contributed by atoms with E-state index in [1.807, 2.05) is 0 Å². The highest BCUT2D eigenvalue weighted by Gasteiger charge is 2.20. The van der Waals surface area contributed by atoms with E-state index in [9.17, 15) is 18.9 Å². The van der Waals surface area contributed by atoms with E-state index in [2.05, 4.69) is 15.3 Å². The second-order valence-electron chi connectivity index (χ2n) is 5.06. The van der Waals surface area contributed by atoms with E-state index in [4.69, 9.17) is 4.55 Å². The number of aromatic amines is 1. The summed E-state index contributed by atoms with van der Waals surface area (Å²) in [5.41, 5.74) is -0.723. The number of aromatic nitrogens is 2. The van der Waals surface area contributed by atoms with E-state index in [-0.39, 0.29) is 16.3 Å². The van der Waals surface area contributed by atoms with Crippen LogP contribution in [-0.4, -0.2) is 29.6 Å². The van der Waals surface area contributed by atoms with E-state index in [0.29, 0.717) is 5.69 Å². The maximum absolute atomic E-state index is 12.5. The molecular weight excluding hydrogens is 360 g/mol. The van der Waals surface area contributed by atoms with Crippen molar-refractivity contribution in [2.75, 3.05) is 0 Å². The summed E-state index contributed by atoms with van der Waals surface area (Å²) in [6.07, 6.45) is 0. The topological polar surface area (TPSA) is 137 Å². The third kappa shape index (κ3) is 3.50. The van der Waals surface area contributed by atoms with Crippen molar-refractivity contribution in [3.63, 3.8) is 0 Å². The molecule has 132 valence electrons. The summed E-state index contributed by atoms with van der Waals surface area (Å²) in [6, 6.07) is 14.1. The van der Waals surface area contributed by atoms with Gasteiger partial charge in [0.1, 0.15) is 0 Å². The Morgan fingerprint density at radius 2 is 1.69 bits per heavy atom. The Morgan fingerprint density at radius 3 is 2.27 bits per heavy atom. The Hall–Kier alpha value is -3.37. The lowest BCUT2D eigenvalue weighted by molar-refractivity contribution is 0.0691. The van der Waals surface area contributed by atoms with Gasteiger partial charge in [0.25, 0.3) is 5.56 Å². The summed E-state index contributed by atoms with van der Waals surface area (Å²) in [7, 11) is 0. The summed E-state index contributed by atoms with van der Waals surface area (Å²) in [5, 5.41) is 19.4. The molecule has 0 aliphatic rings. The molecule has 0 aliphatic heterocycles. The number of hydrogen-bond acceptors (Lipinski definition) is 5. The van der Waals surface area contributed by atoms with Crippen LogP contribution in [0.4, 0.5) is 11.4 Å². The Bertz CT molecular complexity index is 1050. The molecule has 0 saturated heterocycles. The van der Waals surface area contributed by atoms with Crippen molar-refractivity contribution in [2.24, 2.45) is 10.2 Å². The van der Waals surface area contributed by atoms with Gasteiger partial charge in [-0.2, -0.15) is 5.11 Å². The minimum atomic E-state index is -2.15. The largest absolute Gasteiger partial charge is 0.476 e. The van der Waals surface area contributed by atoms with Gasteiger partial charge < -0.3 is 9.66 Å². The average Bonchev–Trinajstić information content (AvgIpc) is 2.97. The van der Waals surface area contributed by atoms with Crippen LogP contribution in [0, 0.1) is 0 Å². The summed E-state index contributed by atoms with van der Waals surface area (Å²) in [4.78, 5) is 24.1. The van der Waals surface area contributed by atoms with Crippen LogP contribution in [0.5, 0.6) is 0 Å². The fraction of sp³-hybridized carbons (Fsp3) is 0. The standard InChI is InChI=1S/C16H12N4O5S/c21-15-13(18-17-10-4-2-1-3-5-10)14(16(22)23)19-20(15)11-6-8-12(9-7-11)26(24)25/h1-9,19H,(H,22,23)(H,24,25). The molecule has 1 aromatic heterocycles. The predicted molar refractivity (Wildman–Crippen MR) is 93.0 cm³/mol. The molecule has 0 saturated carbocycles. The maximum Gasteiger partial charge on any atom is 0.356 e. The number of carbonyl (C=O) groups is 1. The molecule has 26 heavy (non-hydrogen) atoms. The SMILES string of the molecule is O=C(O)c1[nH]n(-c2ccc(S(=O)O)cc2)c(=O)c1N=Nc1ccccc1. The number of hydrogen-bond donors (Lipinski definition) is 3. The molecule has 3 rings (SSSR count). The van der Waals surface area contributed by atoms with Crippen molar-refractivity contribution >= 4 is 28.4 Å². The Balaban J connectivity index is 2.06. The molecule has 1 unspecified atom stereocenters. The lowest BCUT2D eigenvalue weighted by Gasteiger charge is -2.01. The van der Waals surface area contributed by atoms with Crippen LogP contribution in [0.1, 0.15) is 10.5 Å². The van der Waals surface area contributed by atoms with E-state index >= 15 is 0 Å². The van der Waals surface area contributed by atoms with E-state index in [0.717, 1.165) is 4.68 Å². The molecular formula is C16H12N4O5S. The van der Waals surface area contributed by atoms with Gasteiger partial charge in [-0.05, 0) is 36.4 Å². The zero-order valence-electron chi connectivity index (χ0n) is 13.1. The molecule has 0 amide bonds. The lowest BCUT2D eigenvalue weighted by Crippen LogP contribution is -2.14. The molecule has 0 fully saturated rings. The quantitative estimate of drug-likeness (QED) is 0.467. The number of H-pyrrole nitrogens is 1. The first-order chi connectivity index (χ1) is 12.5. The summed E-state index contributed by atoms with van der Waals surface area (Å²) >= 11 is -2.15. The van der Waals surface area contributed by atoms with E-state index < -0.39 is 28.3 Å². The molecule has 1 atom stereocenters. The van der Waals surface area contributed by atoms with Crippen LogP contribution >= 0.6 is 0 Å². The number of azo groups is 1. The fourth-order valence-corrected chi connectivity index (χ4v) is 2.53. The van der Waals surface area contributed by atoms with Crippen LogP contribution in [0.2, 0.25) is 0 Å². The summed E-state index contributed by atoms with van der Waals surface area (Å²) < 4.78 is 21.0. The van der Waals surface area contributed by atoms with Crippen molar-refractivity contribution in [3.8, 4) is 5.69 Å². The fourth-order valence-electron chi connectivity index (χ4n) is 2.17. The third-order valence-electron chi connectivity index (χ3n) is 3.40. The first-order valence-electron chi connectivity index (χ1n) is 7.24. The van der Waals surface area contributed by atoms with Crippen LogP contribution in [0.3, 0.4) is 0 Å². The highest BCUT2D eigenvalue weighted by atomic mass is 32.2. The molecule has 0 bridgehead atoms. The zero-order chi connectivity index (χ0) is 18.7. The van der Waals surface area contributed by atoms with Crippen molar-refractivity contribution in [1.29, 1.82) is 0 Å². The van der Waals surface area contributed by atoms with Crippen LogP contribution in [0.15, 0.2) is 74.5 Å². The second-order valence-corrected chi connectivity index (χ2v) is 6.03. The van der Waals surface area contributed by atoms with Gasteiger partial charge in [-0.15, -0.1) is 5.11 Å². The van der Waals surface area contributed by atoms with E-state index in [1.54, 1.807) is 30.3 Å². The summed E-state index contributed by atoms with van der Waals surface area (Å²) in [5.74, 6) is -1.36. The van der Waals surface area contributed by atoms with Gasteiger partial charge in [0.2, 0.25) is 0 Å². The van der Waals surface area contributed by atoms with Crippen molar-refractivity contribution in [3.05, 3.63) is 70.6 Å². The van der Waals surface area contributed by atoms with Gasteiger partial charge in [-0.3, -0.25) is 9.89 Å². The first kappa shape index (κ1) is 17.5. The maximum atomic E-state index is 12.5. The molecule has 10 heteroatoms. The number of nitrogens with one attached hydrogen (secondary N) is 1. The van der Waals surface area contributed by atoms with Crippen molar-refractivity contribution in [2.45, 2.75) is 4.90 Å². The highest BCUT2D eigenvalue weighted by Crippen LogP contribution is 2.19. The van der Waals surface area contributed by atoms with Crippen molar-refractivity contribution < 1.29 is 18.7 Å². The van der Waals surface area contributed by atoms with Crippen molar-refractivity contribution in [1.82, 2.24) is 9.78 Å².